The average Bonchev–Trinajstić information content (AvgIpc) is 2.87. The standard InChI is InChI=1S/C28H28ClN3O6/c1-18-14-19(2)16-24(15-18)38-23-12-10-22(11-13-23)30-25(33)4-3-5-27(35)37-17-26(34)31-32-28(36)20-6-8-21(29)9-7-20/h6-16H,3-5,17H2,1-2H3,(H,30,33)(H,31,34)(H,32,36). The number of rotatable bonds is 10. The van der Waals surface area contributed by atoms with Gasteiger partial charge in [0.1, 0.15) is 11.5 Å². The molecule has 198 valence electrons. The van der Waals surface area contributed by atoms with Crippen molar-refractivity contribution in [2.45, 2.75) is 33.1 Å². The van der Waals surface area contributed by atoms with E-state index in [1.807, 2.05) is 26.0 Å². The number of nitrogens with one attached hydrogen (secondary N) is 3. The number of carbonyl (C=O) groups is 4. The molecular formula is C28H28ClN3O6. The van der Waals surface area contributed by atoms with Gasteiger partial charge in [-0.15, -0.1) is 0 Å². The van der Waals surface area contributed by atoms with Crippen molar-refractivity contribution in [3.8, 4) is 11.5 Å². The molecule has 38 heavy (non-hydrogen) atoms. The second-order valence-corrected chi connectivity index (χ2v) is 8.96. The van der Waals surface area contributed by atoms with Gasteiger partial charge >= 0.3 is 5.97 Å². The summed E-state index contributed by atoms with van der Waals surface area (Å²) in [7, 11) is 0. The molecule has 0 atom stereocenters. The Kier molecular flexibility index (Phi) is 10.2. The first-order valence-corrected chi connectivity index (χ1v) is 12.2. The lowest BCUT2D eigenvalue weighted by Crippen LogP contribution is -2.43. The first kappa shape index (κ1) is 28.2. The molecule has 0 bridgehead atoms. The minimum Gasteiger partial charge on any atom is -0.457 e. The molecule has 3 amide bonds. The third kappa shape index (κ3) is 9.59. The van der Waals surface area contributed by atoms with Crippen LogP contribution < -0.4 is 20.9 Å². The molecule has 0 aromatic heterocycles. The van der Waals surface area contributed by atoms with Gasteiger partial charge in [-0.3, -0.25) is 30.0 Å². The minimum absolute atomic E-state index is 0.0412. The van der Waals surface area contributed by atoms with Gasteiger partial charge < -0.3 is 14.8 Å². The monoisotopic (exact) mass is 537 g/mol. The second-order valence-electron chi connectivity index (χ2n) is 8.52. The lowest BCUT2D eigenvalue weighted by atomic mass is 10.1. The van der Waals surface area contributed by atoms with Crippen LogP contribution in [0.3, 0.4) is 0 Å². The van der Waals surface area contributed by atoms with Crippen molar-refractivity contribution >= 4 is 41.0 Å². The van der Waals surface area contributed by atoms with Crippen LogP contribution in [0, 0.1) is 13.8 Å². The van der Waals surface area contributed by atoms with Crippen LogP contribution in [0.1, 0.15) is 40.7 Å². The summed E-state index contributed by atoms with van der Waals surface area (Å²) in [6, 6.07) is 19.0. The number of ether oxygens (including phenoxy) is 2. The van der Waals surface area contributed by atoms with Gasteiger partial charge in [0, 0.05) is 29.1 Å². The molecule has 10 heteroatoms. The second kappa shape index (κ2) is 13.8. The van der Waals surface area contributed by atoms with E-state index in [1.165, 1.54) is 12.1 Å². The summed E-state index contributed by atoms with van der Waals surface area (Å²) < 4.78 is 10.7. The summed E-state index contributed by atoms with van der Waals surface area (Å²) in [5.74, 6) is -0.761. The maximum absolute atomic E-state index is 12.2. The predicted molar refractivity (Wildman–Crippen MR) is 143 cm³/mol. The van der Waals surface area contributed by atoms with Crippen molar-refractivity contribution in [2.75, 3.05) is 11.9 Å². The van der Waals surface area contributed by atoms with E-state index in [0.29, 0.717) is 22.0 Å². The fraction of sp³-hybridized carbons (Fsp3) is 0.214. The van der Waals surface area contributed by atoms with Gasteiger partial charge in [-0.25, -0.2) is 0 Å². The molecule has 9 nitrogen and oxygen atoms in total. The van der Waals surface area contributed by atoms with Crippen LogP contribution in [0.25, 0.3) is 0 Å². The quantitative estimate of drug-likeness (QED) is 0.251. The first-order chi connectivity index (χ1) is 18.2. The Morgan fingerprint density at radius 2 is 1.42 bits per heavy atom. The highest BCUT2D eigenvalue weighted by Crippen LogP contribution is 2.25. The molecule has 3 rings (SSSR count). The zero-order chi connectivity index (χ0) is 27.5. The van der Waals surface area contributed by atoms with Crippen LogP contribution in [-0.2, 0) is 19.1 Å². The van der Waals surface area contributed by atoms with Crippen LogP contribution in [0.2, 0.25) is 5.02 Å². The number of amides is 3. The molecule has 0 heterocycles. The topological polar surface area (TPSA) is 123 Å². The number of anilines is 1. The van der Waals surface area contributed by atoms with E-state index in [-0.39, 0.29) is 25.2 Å². The number of halogens is 1. The zero-order valence-corrected chi connectivity index (χ0v) is 21.8. The number of esters is 1. The maximum Gasteiger partial charge on any atom is 0.306 e. The molecule has 0 radical (unpaired) electrons. The van der Waals surface area contributed by atoms with Crippen LogP contribution >= 0.6 is 11.6 Å². The molecular weight excluding hydrogens is 510 g/mol. The fourth-order valence-electron chi connectivity index (χ4n) is 3.41. The Morgan fingerprint density at radius 1 is 0.763 bits per heavy atom. The molecule has 3 aromatic carbocycles. The smallest absolute Gasteiger partial charge is 0.306 e. The first-order valence-electron chi connectivity index (χ1n) is 11.8. The SMILES string of the molecule is Cc1cc(C)cc(Oc2ccc(NC(=O)CCCC(=O)OCC(=O)NNC(=O)c3ccc(Cl)cc3)cc2)c1. The van der Waals surface area contributed by atoms with Crippen molar-refractivity contribution in [1.82, 2.24) is 10.9 Å². The highest BCUT2D eigenvalue weighted by Gasteiger charge is 2.11. The number of hydrogen-bond donors (Lipinski definition) is 3. The highest BCUT2D eigenvalue weighted by molar-refractivity contribution is 6.30. The summed E-state index contributed by atoms with van der Waals surface area (Å²) in [5.41, 5.74) is 7.47. The number of benzene rings is 3. The van der Waals surface area contributed by atoms with E-state index in [4.69, 9.17) is 21.1 Å². The van der Waals surface area contributed by atoms with E-state index in [2.05, 4.69) is 22.2 Å². The van der Waals surface area contributed by atoms with E-state index in [9.17, 15) is 19.2 Å². The van der Waals surface area contributed by atoms with Crippen LogP contribution in [0.4, 0.5) is 5.69 Å². The number of hydrazine groups is 1. The molecule has 0 aliphatic rings. The van der Waals surface area contributed by atoms with Crippen molar-refractivity contribution in [2.24, 2.45) is 0 Å². The molecule has 0 fully saturated rings. The van der Waals surface area contributed by atoms with Crippen LogP contribution in [-0.4, -0.2) is 30.3 Å². The number of aryl methyl sites for hydroxylation is 2. The minimum atomic E-state index is -0.705. The van der Waals surface area contributed by atoms with Crippen molar-refractivity contribution < 1.29 is 28.7 Å². The third-order valence-electron chi connectivity index (χ3n) is 5.14. The van der Waals surface area contributed by atoms with E-state index in [1.54, 1.807) is 36.4 Å². The van der Waals surface area contributed by atoms with Gasteiger partial charge in [0.15, 0.2) is 6.61 Å². The molecule has 0 spiro atoms. The summed E-state index contributed by atoms with van der Waals surface area (Å²) in [4.78, 5) is 47.8. The molecule has 0 aliphatic carbocycles. The van der Waals surface area contributed by atoms with Gasteiger partial charge in [-0.2, -0.15) is 0 Å². The maximum atomic E-state index is 12.2. The highest BCUT2D eigenvalue weighted by atomic mass is 35.5. The Balaban J connectivity index is 1.30. The van der Waals surface area contributed by atoms with Crippen molar-refractivity contribution in [3.05, 3.63) is 88.4 Å². The lowest BCUT2D eigenvalue weighted by Gasteiger charge is -2.10. The Morgan fingerprint density at radius 3 is 2.08 bits per heavy atom. The number of hydrogen-bond acceptors (Lipinski definition) is 6. The summed E-state index contributed by atoms with van der Waals surface area (Å²) in [6.45, 7) is 3.44. The fourth-order valence-corrected chi connectivity index (χ4v) is 3.53. The molecule has 3 aromatic rings. The Hall–Kier alpha value is -4.37. The Bertz CT molecular complexity index is 1270. The van der Waals surface area contributed by atoms with Gasteiger partial charge in [-0.05, 0) is 92.1 Å². The Labute approximate surface area is 225 Å². The van der Waals surface area contributed by atoms with E-state index in [0.717, 1.165) is 16.9 Å². The molecule has 3 N–H and O–H groups in total. The molecule has 0 saturated carbocycles. The summed E-state index contributed by atoms with van der Waals surface area (Å²) in [6.07, 6.45) is 0.299. The van der Waals surface area contributed by atoms with Crippen LogP contribution in [0.5, 0.6) is 11.5 Å². The average molecular weight is 538 g/mol. The zero-order valence-electron chi connectivity index (χ0n) is 21.0. The van der Waals surface area contributed by atoms with Gasteiger partial charge in [0.05, 0.1) is 0 Å². The molecule has 0 aliphatic heterocycles. The summed E-state index contributed by atoms with van der Waals surface area (Å²) in [5, 5.41) is 3.24. The van der Waals surface area contributed by atoms with Gasteiger partial charge in [-0.1, -0.05) is 17.7 Å². The summed E-state index contributed by atoms with van der Waals surface area (Å²) >= 11 is 5.76. The van der Waals surface area contributed by atoms with Crippen LogP contribution in [0.15, 0.2) is 66.7 Å². The molecule has 0 saturated heterocycles. The largest absolute Gasteiger partial charge is 0.457 e. The van der Waals surface area contributed by atoms with E-state index >= 15 is 0 Å². The van der Waals surface area contributed by atoms with E-state index < -0.39 is 24.4 Å². The van der Waals surface area contributed by atoms with Crippen molar-refractivity contribution in [1.29, 1.82) is 0 Å². The lowest BCUT2D eigenvalue weighted by molar-refractivity contribution is -0.148. The van der Waals surface area contributed by atoms with Gasteiger partial charge in [0.2, 0.25) is 5.91 Å². The van der Waals surface area contributed by atoms with Gasteiger partial charge in [0.25, 0.3) is 11.8 Å². The predicted octanol–water partition coefficient (Wildman–Crippen LogP) is 4.86. The number of carbonyl (C=O) groups excluding carboxylic acids is 4. The normalized spacial score (nSPS) is 10.3. The third-order valence-corrected chi connectivity index (χ3v) is 5.39. The van der Waals surface area contributed by atoms with Crippen molar-refractivity contribution in [3.63, 3.8) is 0 Å². The molecule has 0 unspecified atom stereocenters.